The molecule has 9 nitrogen and oxygen atoms in total. The van der Waals surface area contributed by atoms with E-state index in [1.807, 2.05) is 12.1 Å². The molecule has 11 heteroatoms. The van der Waals surface area contributed by atoms with Gasteiger partial charge >= 0.3 is 18.0 Å². The van der Waals surface area contributed by atoms with Crippen molar-refractivity contribution in [3.63, 3.8) is 0 Å². The molecule has 4 rings (SSSR count). The third-order valence-corrected chi connectivity index (χ3v) is 9.50. The highest BCUT2D eigenvalue weighted by molar-refractivity contribution is 5.92. The Morgan fingerprint density at radius 1 is 0.759 bits per heavy atom. The Morgan fingerprint density at radius 3 is 1.87 bits per heavy atom. The van der Waals surface area contributed by atoms with Crippen LogP contribution in [0, 0.1) is 5.92 Å². The van der Waals surface area contributed by atoms with Crippen molar-refractivity contribution in [3.05, 3.63) is 114 Å². The molecular weight excluding hydrogens is 698 g/mol. The highest BCUT2D eigenvalue weighted by atomic mass is 19.3. The van der Waals surface area contributed by atoms with E-state index in [4.69, 9.17) is 33.9 Å². The van der Waals surface area contributed by atoms with Gasteiger partial charge in [-0.05, 0) is 71.9 Å². The Morgan fingerprint density at radius 2 is 1.31 bits per heavy atom. The van der Waals surface area contributed by atoms with Gasteiger partial charge in [-0.25, -0.2) is 9.59 Å². The molecule has 0 unspecified atom stereocenters. The van der Waals surface area contributed by atoms with Crippen molar-refractivity contribution < 1.29 is 52.3 Å². The summed E-state index contributed by atoms with van der Waals surface area (Å²) in [6.45, 7) is 10.7. The zero-order valence-electron chi connectivity index (χ0n) is 30.8. The van der Waals surface area contributed by atoms with Crippen LogP contribution in [0.2, 0.25) is 0 Å². The van der Waals surface area contributed by atoms with Crippen LogP contribution in [0.1, 0.15) is 81.8 Å². The highest BCUT2D eigenvalue weighted by Gasteiger charge is 2.35. The summed E-state index contributed by atoms with van der Waals surface area (Å²) >= 11 is 0. The smallest absolute Gasteiger partial charge is 0.426 e. The van der Waals surface area contributed by atoms with Gasteiger partial charge in [-0.15, -0.1) is 0 Å². The van der Waals surface area contributed by atoms with E-state index >= 15 is 8.78 Å². The Bertz CT molecular complexity index is 1730. The number of alkyl halides is 2. The third kappa shape index (κ3) is 12.3. The number of esters is 2. The van der Waals surface area contributed by atoms with E-state index in [2.05, 4.69) is 38.8 Å². The van der Waals surface area contributed by atoms with Crippen molar-refractivity contribution in [3.8, 4) is 28.4 Å². The standard InChI is InChI=1S/C43H50F2O9/c1-5-6-7-8-32-9-11-33(12-10-32)34-13-15-35(16-14-34)36-17-19-37(20-18-36)43(44,45)54-40-24-38(50-27-52-41(48)29(2)21-22-46)23-39(25-40)51-28-53-42(49)31(4)30(3)26-47/h13-20,23-25,32-33,46-47H,2-12,21-22,26-28H2,1H3. The third-order valence-electron chi connectivity index (χ3n) is 9.50. The van der Waals surface area contributed by atoms with Crippen molar-refractivity contribution in [1.82, 2.24) is 0 Å². The van der Waals surface area contributed by atoms with Crippen molar-refractivity contribution in [2.75, 3.05) is 26.8 Å². The minimum atomic E-state index is -3.79. The molecule has 3 aromatic rings. The predicted octanol–water partition coefficient (Wildman–Crippen LogP) is 9.14. The summed E-state index contributed by atoms with van der Waals surface area (Å²) in [5.74, 6) is -0.880. The van der Waals surface area contributed by atoms with Crippen LogP contribution in [-0.2, 0) is 25.2 Å². The van der Waals surface area contributed by atoms with Crippen LogP contribution in [0.3, 0.4) is 0 Å². The van der Waals surface area contributed by atoms with E-state index in [0.717, 1.165) is 29.2 Å². The first-order valence-electron chi connectivity index (χ1n) is 18.2. The second-order valence-electron chi connectivity index (χ2n) is 13.4. The molecule has 2 N–H and O–H groups in total. The SMILES string of the molecule is C=C(CO)C(=C)C(=O)OCOc1cc(OCOC(=O)C(=C)CCO)cc(OC(F)(F)c2ccc(-c3ccc(C4CCC(CCCCC)CC4)cc3)cc2)c1. The van der Waals surface area contributed by atoms with Crippen LogP contribution in [0.5, 0.6) is 17.2 Å². The molecule has 290 valence electrons. The van der Waals surface area contributed by atoms with Crippen LogP contribution in [0.4, 0.5) is 8.78 Å². The van der Waals surface area contributed by atoms with E-state index in [-0.39, 0.29) is 47.0 Å². The molecule has 0 aromatic heterocycles. The van der Waals surface area contributed by atoms with Gasteiger partial charge in [-0.2, -0.15) is 8.78 Å². The maximum absolute atomic E-state index is 15.6. The molecule has 1 fully saturated rings. The van der Waals surface area contributed by atoms with Crippen LogP contribution in [0.25, 0.3) is 11.1 Å². The normalized spacial score (nSPS) is 15.5. The zero-order valence-corrected chi connectivity index (χ0v) is 30.8. The summed E-state index contributed by atoms with van der Waals surface area (Å²) in [7, 11) is 0. The Kier molecular flexibility index (Phi) is 15.8. The topological polar surface area (TPSA) is 121 Å². The number of halogens is 2. The molecule has 1 aliphatic rings. The van der Waals surface area contributed by atoms with Gasteiger partial charge in [-0.3, -0.25) is 0 Å². The molecule has 0 aliphatic heterocycles. The van der Waals surface area contributed by atoms with Crippen molar-refractivity contribution >= 4 is 11.9 Å². The molecular formula is C43H50F2O9. The van der Waals surface area contributed by atoms with E-state index in [1.165, 1.54) is 75.1 Å². The fourth-order valence-electron chi connectivity index (χ4n) is 6.22. The lowest BCUT2D eigenvalue weighted by molar-refractivity contribution is -0.185. The Hall–Kier alpha value is -5.00. The van der Waals surface area contributed by atoms with Gasteiger partial charge < -0.3 is 33.9 Å². The predicted molar refractivity (Wildman–Crippen MR) is 201 cm³/mol. The number of rotatable bonds is 21. The maximum atomic E-state index is 15.6. The average Bonchev–Trinajstić information content (AvgIpc) is 3.17. The first kappa shape index (κ1) is 41.8. The molecule has 0 saturated heterocycles. The van der Waals surface area contributed by atoms with Gasteiger partial charge in [0.05, 0.1) is 17.7 Å². The molecule has 0 atom stereocenters. The first-order valence-corrected chi connectivity index (χ1v) is 18.2. The second kappa shape index (κ2) is 20.5. The number of carbonyl (C=O) groups excluding carboxylic acids is 2. The van der Waals surface area contributed by atoms with Crippen LogP contribution in [0.15, 0.2) is 103 Å². The summed E-state index contributed by atoms with van der Waals surface area (Å²) in [5, 5.41) is 18.2. The average molecular weight is 749 g/mol. The molecule has 0 bridgehead atoms. The Labute approximate surface area is 315 Å². The van der Waals surface area contributed by atoms with E-state index in [1.54, 1.807) is 12.1 Å². The number of hydrogen-bond acceptors (Lipinski definition) is 9. The summed E-state index contributed by atoms with van der Waals surface area (Å²) in [6, 6.07) is 17.7. The molecule has 3 aromatic carbocycles. The van der Waals surface area contributed by atoms with Gasteiger partial charge in [0.25, 0.3) is 0 Å². The lowest BCUT2D eigenvalue weighted by Crippen LogP contribution is -2.22. The lowest BCUT2D eigenvalue weighted by atomic mass is 9.77. The second-order valence-corrected chi connectivity index (χ2v) is 13.4. The molecule has 54 heavy (non-hydrogen) atoms. The summed E-state index contributed by atoms with van der Waals surface area (Å²) in [6.07, 6.45) is 6.36. The van der Waals surface area contributed by atoms with E-state index < -0.39 is 43.8 Å². The fraction of sp³-hybridized carbons (Fsp3) is 0.395. The first-order chi connectivity index (χ1) is 25.9. The van der Waals surface area contributed by atoms with Crippen LogP contribution < -0.4 is 14.2 Å². The number of ether oxygens (including phenoxy) is 5. The quantitative estimate of drug-likeness (QED) is 0.0361. The molecule has 0 spiro atoms. The molecule has 0 amide bonds. The Balaban J connectivity index is 1.42. The van der Waals surface area contributed by atoms with E-state index in [0.29, 0.717) is 5.92 Å². The van der Waals surface area contributed by atoms with Gasteiger partial charge in [0, 0.05) is 36.8 Å². The minimum Gasteiger partial charge on any atom is -0.457 e. The summed E-state index contributed by atoms with van der Waals surface area (Å²) in [4.78, 5) is 24.2. The molecule has 0 radical (unpaired) electrons. The van der Waals surface area contributed by atoms with Gasteiger partial charge in [-0.1, -0.05) is 88.7 Å². The molecule has 1 saturated carbocycles. The van der Waals surface area contributed by atoms with Gasteiger partial charge in [0.1, 0.15) is 17.2 Å². The number of benzene rings is 3. The highest BCUT2D eigenvalue weighted by Crippen LogP contribution is 2.39. The minimum absolute atomic E-state index is 0.000618. The molecule has 0 heterocycles. The van der Waals surface area contributed by atoms with Gasteiger partial charge in [0.2, 0.25) is 13.6 Å². The maximum Gasteiger partial charge on any atom is 0.426 e. The molecule has 1 aliphatic carbocycles. The number of hydrogen-bond donors (Lipinski definition) is 2. The largest absolute Gasteiger partial charge is 0.457 e. The van der Waals surface area contributed by atoms with Gasteiger partial charge in [0.15, 0.2) is 0 Å². The fourth-order valence-corrected chi connectivity index (χ4v) is 6.22. The van der Waals surface area contributed by atoms with E-state index in [9.17, 15) is 9.59 Å². The summed E-state index contributed by atoms with van der Waals surface area (Å²) in [5.41, 5.74) is 2.51. The number of unbranched alkanes of at least 4 members (excludes halogenated alkanes) is 2. The summed E-state index contributed by atoms with van der Waals surface area (Å²) < 4.78 is 57.1. The van der Waals surface area contributed by atoms with Crippen LogP contribution in [-0.4, -0.2) is 49.0 Å². The van der Waals surface area contributed by atoms with Crippen molar-refractivity contribution in [2.45, 2.75) is 76.7 Å². The van der Waals surface area contributed by atoms with Crippen molar-refractivity contribution in [1.29, 1.82) is 0 Å². The lowest BCUT2D eigenvalue weighted by Gasteiger charge is -2.29. The number of aliphatic hydroxyl groups excluding tert-OH is 2. The van der Waals surface area contributed by atoms with Crippen LogP contribution >= 0.6 is 0 Å². The van der Waals surface area contributed by atoms with Crippen molar-refractivity contribution in [2.24, 2.45) is 5.92 Å². The monoisotopic (exact) mass is 748 g/mol. The number of carbonyl (C=O) groups is 2. The number of aliphatic hydroxyl groups is 2. The zero-order chi connectivity index (χ0) is 39.1.